The Bertz CT molecular complexity index is 1460. The van der Waals surface area contributed by atoms with E-state index in [1.807, 2.05) is 38.1 Å². The van der Waals surface area contributed by atoms with E-state index in [1.165, 1.54) is 47.4 Å². The summed E-state index contributed by atoms with van der Waals surface area (Å²) >= 11 is 2.77. The Kier molecular flexibility index (Phi) is 8.36. The third kappa shape index (κ3) is 6.63. The van der Waals surface area contributed by atoms with Crippen LogP contribution < -0.4 is 15.4 Å². The molecule has 3 aromatic carbocycles. The highest BCUT2D eigenvalue weighted by molar-refractivity contribution is 8.00. The number of nitro groups is 1. The van der Waals surface area contributed by atoms with Crippen molar-refractivity contribution in [2.75, 3.05) is 17.2 Å². The molecule has 0 aliphatic heterocycles. The van der Waals surface area contributed by atoms with Crippen molar-refractivity contribution in [3.63, 3.8) is 0 Å². The molecular formula is C26H24N4O5S2. The van der Waals surface area contributed by atoms with Gasteiger partial charge in [-0.2, -0.15) is 0 Å². The van der Waals surface area contributed by atoms with Crippen molar-refractivity contribution in [2.24, 2.45) is 0 Å². The van der Waals surface area contributed by atoms with Crippen LogP contribution in [0.2, 0.25) is 0 Å². The molecule has 9 nitrogen and oxygen atoms in total. The lowest BCUT2D eigenvalue weighted by Gasteiger charge is -2.14. The van der Waals surface area contributed by atoms with Gasteiger partial charge in [0.25, 0.3) is 11.6 Å². The summed E-state index contributed by atoms with van der Waals surface area (Å²) in [5, 5.41) is 16.8. The van der Waals surface area contributed by atoms with Crippen LogP contribution in [0, 0.1) is 10.1 Å². The predicted molar refractivity (Wildman–Crippen MR) is 147 cm³/mol. The van der Waals surface area contributed by atoms with Crippen LogP contribution in [0.5, 0.6) is 5.75 Å². The SMILES string of the molecule is CCOc1ccc2nc(NC(=O)C(CC)Sc3cccc(NC(=O)c4cccc([N+](=O)[O-])c4)c3)sc2c1. The van der Waals surface area contributed by atoms with Gasteiger partial charge in [-0.15, -0.1) is 11.8 Å². The molecule has 11 heteroatoms. The summed E-state index contributed by atoms with van der Waals surface area (Å²) in [6.45, 7) is 4.42. The van der Waals surface area contributed by atoms with Gasteiger partial charge in [-0.25, -0.2) is 4.98 Å². The lowest BCUT2D eigenvalue weighted by atomic mass is 10.2. The summed E-state index contributed by atoms with van der Waals surface area (Å²) in [6, 6.07) is 18.3. The van der Waals surface area contributed by atoms with Crippen molar-refractivity contribution in [2.45, 2.75) is 30.4 Å². The quantitative estimate of drug-likeness (QED) is 0.137. The van der Waals surface area contributed by atoms with Crippen molar-refractivity contribution in [1.29, 1.82) is 0 Å². The van der Waals surface area contributed by atoms with E-state index in [1.54, 1.807) is 18.2 Å². The van der Waals surface area contributed by atoms with Crippen molar-refractivity contribution in [3.8, 4) is 5.75 Å². The fourth-order valence-electron chi connectivity index (χ4n) is 3.50. The second-order valence-electron chi connectivity index (χ2n) is 7.87. The first-order valence-electron chi connectivity index (χ1n) is 11.5. The highest BCUT2D eigenvalue weighted by Gasteiger charge is 2.20. The number of carbonyl (C=O) groups is 2. The molecular weight excluding hydrogens is 512 g/mol. The topological polar surface area (TPSA) is 123 Å². The Labute approximate surface area is 221 Å². The van der Waals surface area contributed by atoms with Gasteiger partial charge < -0.3 is 15.4 Å². The van der Waals surface area contributed by atoms with Gasteiger partial charge in [0.1, 0.15) is 5.75 Å². The zero-order valence-corrected chi connectivity index (χ0v) is 21.7. The molecule has 0 bridgehead atoms. The van der Waals surface area contributed by atoms with Gasteiger partial charge in [0.2, 0.25) is 5.91 Å². The number of carbonyl (C=O) groups excluding carboxylic acids is 2. The monoisotopic (exact) mass is 536 g/mol. The van der Waals surface area contributed by atoms with Gasteiger partial charge in [-0.05, 0) is 55.8 Å². The summed E-state index contributed by atoms with van der Waals surface area (Å²) < 4.78 is 6.46. The number of thiazole rings is 1. The number of amides is 2. The number of non-ortho nitro benzene ring substituents is 1. The summed E-state index contributed by atoms with van der Waals surface area (Å²) in [7, 11) is 0. The minimum atomic E-state index is -0.545. The van der Waals surface area contributed by atoms with E-state index in [4.69, 9.17) is 4.74 Å². The van der Waals surface area contributed by atoms with Gasteiger partial charge >= 0.3 is 0 Å². The number of hydrogen-bond acceptors (Lipinski definition) is 8. The number of nitrogens with one attached hydrogen (secondary N) is 2. The van der Waals surface area contributed by atoms with Gasteiger partial charge in [-0.3, -0.25) is 19.7 Å². The maximum Gasteiger partial charge on any atom is 0.270 e. The summed E-state index contributed by atoms with van der Waals surface area (Å²) in [6.07, 6.45) is 0.583. The molecule has 0 saturated carbocycles. The Morgan fingerprint density at radius 1 is 1.08 bits per heavy atom. The van der Waals surface area contributed by atoms with Crippen LogP contribution in [0.4, 0.5) is 16.5 Å². The molecule has 1 aromatic heterocycles. The van der Waals surface area contributed by atoms with Gasteiger partial charge in [0, 0.05) is 28.3 Å². The fraction of sp³-hybridized carbons (Fsp3) is 0.192. The molecule has 190 valence electrons. The van der Waals surface area contributed by atoms with E-state index in [2.05, 4.69) is 15.6 Å². The van der Waals surface area contributed by atoms with E-state index >= 15 is 0 Å². The number of fused-ring (bicyclic) bond motifs is 1. The van der Waals surface area contributed by atoms with Crippen molar-refractivity contribution in [1.82, 2.24) is 4.98 Å². The van der Waals surface area contributed by atoms with Crippen LogP contribution in [0.15, 0.2) is 71.6 Å². The third-order valence-electron chi connectivity index (χ3n) is 5.25. The van der Waals surface area contributed by atoms with Crippen molar-refractivity contribution >= 4 is 61.6 Å². The van der Waals surface area contributed by atoms with Crippen LogP contribution in [-0.4, -0.2) is 33.6 Å². The first kappa shape index (κ1) is 26.1. The van der Waals surface area contributed by atoms with E-state index in [0.29, 0.717) is 23.8 Å². The number of hydrogen-bond donors (Lipinski definition) is 2. The maximum atomic E-state index is 13.0. The second kappa shape index (κ2) is 11.8. The normalized spacial score (nSPS) is 11.6. The number of aromatic nitrogens is 1. The van der Waals surface area contributed by atoms with E-state index in [0.717, 1.165) is 20.9 Å². The Morgan fingerprint density at radius 2 is 1.89 bits per heavy atom. The summed E-state index contributed by atoms with van der Waals surface area (Å²) in [5.74, 6) is 0.137. The molecule has 1 heterocycles. The minimum absolute atomic E-state index is 0.156. The molecule has 0 saturated heterocycles. The molecule has 37 heavy (non-hydrogen) atoms. The van der Waals surface area contributed by atoms with E-state index < -0.39 is 10.8 Å². The summed E-state index contributed by atoms with van der Waals surface area (Å²) in [4.78, 5) is 41.4. The smallest absolute Gasteiger partial charge is 0.270 e. The van der Waals surface area contributed by atoms with Gasteiger partial charge in [0.15, 0.2) is 5.13 Å². The number of thioether (sulfide) groups is 1. The highest BCUT2D eigenvalue weighted by Crippen LogP contribution is 2.32. The van der Waals surface area contributed by atoms with Crippen LogP contribution in [-0.2, 0) is 4.79 Å². The van der Waals surface area contributed by atoms with E-state index in [-0.39, 0.29) is 22.4 Å². The number of nitrogens with zero attached hydrogens (tertiary/aromatic N) is 2. The van der Waals surface area contributed by atoms with Gasteiger partial charge in [0.05, 0.1) is 27.0 Å². The largest absolute Gasteiger partial charge is 0.494 e. The number of anilines is 2. The van der Waals surface area contributed by atoms with Crippen LogP contribution in [0.3, 0.4) is 0 Å². The zero-order chi connectivity index (χ0) is 26.4. The van der Waals surface area contributed by atoms with Crippen molar-refractivity contribution in [3.05, 3.63) is 82.4 Å². The third-order valence-corrected chi connectivity index (χ3v) is 7.55. The summed E-state index contributed by atoms with van der Waals surface area (Å²) in [5.41, 5.74) is 1.34. The first-order chi connectivity index (χ1) is 17.9. The Morgan fingerprint density at radius 3 is 2.65 bits per heavy atom. The number of benzene rings is 3. The zero-order valence-electron chi connectivity index (χ0n) is 20.1. The lowest BCUT2D eigenvalue weighted by molar-refractivity contribution is -0.384. The fourth-order valence-corrected chi connectivity index (χ4v) is 5.41. The second-order valence-corrected chi connectivity index (χ2v) is 10.2. The molecule has 0 aliphatic carbocycles. The number of nitro benzene ring substituents is 1. The van der Waals surface area contributed by atoms with Crippen molar-refractivity contribution < 1.29 is 19.2 Å². The molecule has 2 N–H and O–H groups in total. The van der Waals surface area contributed by atoms with Crippen LogP contribution in [0.25, 0.3) is 10.2 Å². The molecule has 4 aromatic rings. The lowest BCUT2D eigenvalue weighted by Crippen LogP contribution is -2.24. The minimum Gasteiger partial charge on any atom is -0.494 e. The average molecular weight is 537 g/mol. The highest BCUT2D eigenvalue weighted by atomic mass is 32.2. The van der Waals surface area contributed by atoms with E-state index in [9.17, 15) is 19.7 Å². The van der Waals surface area contributed by atoms with Crippen LogP contribution in [0.1, 0.15) is 30.6 Å². The standard InChI is InChI=1S/C26H24N4O5S2/c1-3-22(25(32)29-26-28-21-12-11-19(35-4-2)15-23(21)37-26)36-20-10-6-8-17(14-20)27-24(31)16-7-5-9-18(13-16)30(33)34/h5-15,22H,3-4H2,1-2H3,(H,27,31)(H,28,29,32). The molecule has 2 amide bonds. The number of rotatable bonds is 10. The average Bonchev–Trinajstić information content (AvgIpc) is 3.29. The molecule has 1 unspecified atom stereocenters. The van der Waals surface area contributed by atoms with Crippen LogP contribution >= 0.6 is 23.1 Å². The first-order valence-corrected chi connectivity index (χ1v) is 13.2. The predicted octanol–water partition coefficient (Wildman–Crippen LogP) is 6.36. The molecule has 0 spiro atoms. The molecule has 4 rings (SSSR count). The molecule has 0 aliphatic rings. The molecule has 0 fully saturated rings. The molecule has 0 radical (unpaired) electrons. The number of ether oxygens (including phenoxy) is 1. The Balaban J connectivity index is 1.42. The maximum absolute atomic E-state index is 13.0. The Hall–Kier alpha value is -3.96. The molecule has 1 atom stereocenters. The van der Waals surface area contributed by atoms with Gasteiger partial charge in [-0.1, -0.05) is 30.4 Å².